The molecule has 4 heterocycles. The minimum atomic E-state index is -0.472. The summed E-state index contributed by atoms with van der Waals surface area (Å²) in [5.41, 5.74) is 1.45. The SMILES string of the molecule is COC(=O)c1sc2nc(CN3CCCC[C@H]3C)ccc2c1NC(=O)c1cccs1. The number of carbonyl (C=O) groups excluding carboxylic acids is 2. The fourth-order valence-electron chi connectivity index (χ4n) is 3.65. The number of thiophene rings is 2. The number of carbonyl (C=O) groups is 2. The molecule has 1 amide bonds. The summed E-state index contributed by atoms with van der Waals surface area (Å²) in [6.45, 7) is 4.14. The molecule has 6 nitrogen and oxygen atoms in total. The zero-order valence-corrected chi connectivity index (χ0v) is 18.1. The van der Waals surface area contributed by atoms with Gasteiger partial charge in [0, 0.05) is 18.0 Å². The van der Waals surface area contributed by atoms with Crippen LogP contribution in [0.25, 0.3) is 10.2 Å². The number of amides is 1. The third-order valence-electron chi connectivity index (χ3n) is 5.27. The van der Waals surface area contributed by atoms with Crippen molar-refractivity contribution in [2.24, 2.45) is 0 Å². The molecule has 152 valence electrons. The van der Waals surface area contributed by atoms with Gasteiger partial charge in [-0.25, -0.2) is 9.78 Å². The lowest BCUT2D eigenvalue weighted by molar-refractivity contribution is 0.0607. The molecule has 1 fully saturated rings. The van der Waals surface area contributed by atoms with Crippen LogP contribution in [0.15, 0.2) is 29.6 Å². The summed E-state index contributed by atoms with van der Waals surface area (Å²) in [4.78, 5) is 33.8. The lowest BCUT2D eigenvalue weighted by atomic mass is 10.0. The molecule has 0 saturated carbocycles. The van der Waals surface area contributed by atoms with E-state index in [-0.39, 0.29) is 5.91 Å². The predicted molar refractivity (Wildman–Crippen MR) is 117 cm³/mol. The van der Waals surface area contributed by atoms with Gasteiger partial charge in [-0.3, -0.25) is 9.69 Å². The van der Waals surface area contributed by atoms with E-state index in [1.807, 2.05) is 23.6 Å². The van der Waals surface area contributed by atoms with Crippen molar-refractivity contribution < 1.29 is 14.3 Å². The fraction of sp³-hybridized carbons (Fsp3) is 0.381. The van der Waals surface area contributed by atoms with E-state index in [9.17, 15) is 9.59 Å². The van der Waals surface area contributed by atoms with Gasteiger partial charge in [0.1, 0.15) is 9.71 Å². The van der Waals surface area contributed by atoms with E-state index in [0.29, 0.717) is 21.5 Å². The Morgan fingerprint density at radius 2 is 2.17 bits per heavy atom. The highest BCUT2D eigenvalue weighted by Crippen LogP contribution is 2.36. The molecule has 0 spiro atoms. The Kier molecular flexibility index (Phi) is 5.94. The largest absolute Gasteiger partial charge is 0.465 e. The quantitative estimate of drug-likeness (QED) is 0.592. The molecule has 1 aliphatic heterocycles. The van der Waals surface area contributed by atoms with Gasteiger partial charge in [0.05, 0.1) is 23.4 Å². The van der Waals surface area contributed by atoms with Gasteiger partial charge in [-0.1, -0.05) is 12.5 Å². The Morgan fingerprint density at radius 1 is 1.31 bits per heavy atom. The van der Waals surface area contributed by atoms with E-state index in [0.717, 1.165) is 29.0 Å². The Labute approximate surface area is 177 Å². The zero-order chi connectivity index (χ0) is 20.4. The number of nitrogens with one attached hydrogen (secondary N) is 1. The topological polar surface area (TPSA) is 71.5 Å². The van der Waals surface area contributed by atoms with Gasteiger partial charge in [0.2, 0.25) is 0 Å². The Hall–Kier alpha value is -2.29. The third kappa shape index (κ3) is 4.19. The van der Waals surface area contributed by atoms with Crippen LogP contribution in [0, 0.1) is 0 Å². The molecule has 1 saturated heterocycles. The molecule has 3 aromatic heterocycles. The zero-order valence-electron chi connectivity index (χ0n) is 16.4. The number of likely N-dealkylation sites (tertiary alicyclic amines) is 1. The smallest absolute Gasteiger partial charge is 0.350 e. The first-order valence-corrected chi connectivity index (χ1v) is 11.4. The second kappa shape index (κ2) is 8.61. The van der Waals surface area contributed by atoms with Crippen molar-refractivity contribution in [2.75, 3.05) is 19.0 Å². The molecule has 4 rings (SSSR count). The first-order valence-electron chi connectivity index (χ1n) is 9.66. The molecule has 0 unspecified atom stereocenters. The number of methoxy groups -OCH3 is 1. The molecular weight excluding hydrogens is 406 g/mol. The standard InChI is InChI=1S/C21H23N3O3S2/c1-13-6-3-4-10-24(13)12-14-8-9-15-17(23-19(25)16-7-5-11-28-16)18(21(26)27-2)29-20(15)22-14/h5,7-9,11,13H,3-4,6,10,12H2,1-2H3,(H,23,25)/t13-/m1/s1. The lowest BCUT2D eigenvalue weighted by Gasteiger charge is -2.32. The average Bonchev–Trinajstić information content (AvgIpc) is 3.38. The molecule has 1 atom stereocenters. The van der Waals surface area contributed by atoms with Crippen LogP contribution in [0.3, 0.4) is 0 Å². The predicted octanol–water partition coefficient (Wildman–Crippen LogP) is 4.77. The summed E-state index contributed by atoms with van der Waals surface area (Å²) in [5, 5.41) is 5.49. The highest BCUT2D eigenvalue weighted by atomic mass is 32.1. The summed E-state index contributed by atoms with van der Waals surface area (Å²) >= 11 is 2.61. The Morgan fingerprint density at radius 3 is 2.90 bits per heavy atom. The molecule has 29 heavy (non-hydrogen) atoms. The van der Waals surface area contributed by atoms with Gasteiger partial charge >= 0.3 is 5.97 Å². The van der Waals surface area contributed by atoms with Gasteiger partial charge < -0.3 is 10.1 Å². The summed E-state index contributed by atoms with van der Waals surface area (Å²) in [6.07, 6.45) is 3.72. The van der Waals surface area contributed by atoms with Crippen LogP contribution in [-0.4, -0.2) is 41.5 Å². The molecule has 0 bridgehead atoms. The van der Waals surface area contributed by atoms with Crippen molar-refractivity contribution >= 4 is 50.5 Å². The Balaban J connectivity index is 1.66. The number of anilines is 1. The van der Waals surface area contributed by atoms with E-state index in [2.05, 4.69) is 17.1 Å². The van der Waals surface area contributed by atoms with Crippen LogP contribution in [0.2, 0.25) is 0 Å². The van der Waals surface area contributed by atoms with Crippen molar-refractivity contribution in [3.63, 3.8) is 0 Å². The van der Waals surface area contributed by atoms with Gasteiger partial charge in [-0.15, -0.1) is 22.7 Å². The van der Waals surface area contributed by atoms with Gasteiger partial charge in [0.15, 0.2) is 0 Å². The molecule has 8 heteroatoms. The number of ether oxygens (including phenoxy) is 1. The van der Waals surface area contributed by atoms with E-state index in [4.69, 9.17) is 9.72 Å². The van der Waals surface area contributed by atoms with Crippen molar-refractivity contribution in [1.82, 2.24) is 9.88 Å². The molecule has 0 radical (unpaired) electrons. The normalized spacial score (nSPS) is 17.4. The third-order valence-corrected chi connectivity index (χ3v) is 7.22. The number of pyridine rings is 1. The summed E-state index contributed by atoms with van der Waals surface area (Å²) in [6, 6.07) is 8.05. The number of hydrogen-bond donors (Lipinski definition) is 1. The first-order chi connectivity index (χ1) is 14.1. The van der Waals surface area contributed by atoms with E-state index >= 15 is 0 Å². The second-order valence-corrected chi connectivity index (χ2v) is 9.15. The highest BCUT2D eigenvalue weighted by Gasteiger charge is 2.24. The number of aromatic nitrogens is 1. The van der Waals surface area contributed by atoms with Crippen LogP contribution in [-0.2, 0) is 11.3 Å². The lowest BCUT2D eigenvalue weighted by Crippen LogP contribution is -2.36. The van der Waals surface area contributed by atoms with Crippen molar-refractivity contribution in [3.05, 3.63) is 45.1 Å². The highest BCUT2D eigenvalue weighted by molar-refractivity contribution is 7.21. The molecular formula is C21H23N3O3S2. The number of nitrogens with zero attached hydrogens (tertiary/aromatic N) is 2. The van der Waals surface area contributed by atoms with Crippen molar-refractivity contribution in [2.45, 2.75) is 38.8 Å². The van der Waals surface area contributed by atoms with Crippen LogP contribution >= 0.6 is 22.7 Å². The summed E-state index contributed by atoms with van der Waals surface area (Å²) < 4.78 is 4.93. The monoisotopic (exact) mass is 429 g/mol. The Bertz CT molecular complexity index is 1030. The molecule has 3 aromatic rings. The molecule has 1 aliphatic rings. The van der Waals surface area contributed by atoms with E-state index in [1.54, 1.807) is 6.07 Å². The number of piperidine rings is 1. The second-order valence-electron chi connectivity index (χ2n) is 7.20. The molecule has 0 aliphatic carbocycles. The maximum Gasteiger partial charge on any atom is 0.350 e. The maximum atomic E-state index is 12.6. The van der Waals surface area contributed by atoms with Crippen LogP contribution in [0.5, 0.6) is 0 Å². The summed E-state index contributed by atoms with van der Waals surface area (Å²) in [5.74, 6) is -0.711. The maximum absolute atomic E-state index is 12.6. The van der Waals surface area contributed by atoms with Gasteiger partial charge in [0.25, 0.3) is 5.91 Å². The fourth-order valence-corrected chi connectivity index (χ4v) is 5.33. The number of hydrogen-bond acceptors (Lipinski definition) is 7. The van der Waals surface area contributed by atoms with Crippen LogP contribution < -0.4 is 5.32 Å². The number of fused-ring (bicyclic) bond motifs is 1. The van der Waals surface area contributed by atoms with Crippen molar-refractivity contribution in [1.29, 1.82) is 0 Å². The first kappa shape index (κ1) is 20.0. The minimum absolute atomic E-state index is 0.240. The molecule has 1 N–H and O–H groups in total. The van der Waals surface area contributed by atoms with Gasteiger partial charge in [-0.05, 0) is 49.9 Å². The van der Waals surface area contributed by atoms with Crippen LogP contribution in [0.4, 0.5) is 5.69 Å². The molecule has 0 aromatic carbocycles. The van der Waals surface area contributed by atoms with E-state index < -0.39 is 5.97 Å². The van der Waals surface area contributed by atoms with Crippen LogP contribution in [0.1, 0.15) is 51.2 Å². The minimum Gasteiger partial charge on any atom is -0.465 e. The van der Waals surface area contributed by atoms with Gasteiger partial charge in [-0.2, -0.15) is 0 Å². The number of esters is 1. The number of rotatable bonds is 5. The van der Waals surface area contributed by atoms with E-state index in [1.165, 1.54) is 49.0 Å². The van der Waals surface area contributed by atoms with Crippen molar-refractivity contribution in [3.8, 4) is 0 Å². The average molecular weight is 430 g/mol. The summed E-state index contributed by atoms with van der Waals surface area (Å²) in [7, 11) is 1.34.